The van der Waals surface area contributed by atoms with E-state index in [9.17, 15) is 4.79 Å². The molecular weight excluding hydrogens is 294 g/mol. The zero-order chi connectivity index (χ0) is 15.5. The van der Waals surface area contributed by atoms with Crippen molar-refractivity contribution in [2.24, 2.45) is 0 Å². The summed E-state index contributed by atoms with van der Waals surface area (Å²) in [5.41, 5.74) is 2.22. The number of carboxylic acid groups (broad SMARTS) is 1. The number of nitrogens with zero attached hydrogens (tertiary/aromatic N) is 1. The molecule has 1 N–H and O–H groups in total. The van der Waals surface area contributed by atoms with Crippen molar-refractivity contribution in [3.05, 3.63) is 63.6 Å². The van der Waals surface area contributed by atoms with Gasteiger partial charge in [-0.1, -0.05) is 42.5 Å². The van der Waals surface area contributed by atoms with Crippen LogP contribution in [-0.2, 0) is 17.6 Å². The maximum absolute atomic E-state index is 10.7. The van der Waals surface area contributed by atoms with Crippen LogP contribution in [0.1, 0.15) is 27.6 Å². The van der Waals surface area contributed by atoms with E-state index in [1.165, 1.54) is 16.3 Å². The average molecular weight is 311 g/mol. The molecule has 1 heterocycles. The highest BCUT2D eigenvalue weighted by molar-refractivity contribution is 7.11. The third-order valence-electron chi connectivity index (χ3n) is 3.72. The van der Waals surface area contributed by atoms with Crippen LogP contribution in [-0.4, -0.2) is 16.1 Å². The van der Waals surface area contributed by atoms with Crippen LogP contribution in [0.4, 0.5) is 0 Å². The first-order chi connectivity index (χ1) is 10.6. The molecule has 0 saturated heterocycles. The Morgan fingerprint density at radius 1 is 1.18 bits per heavy atom. The van der Waals surface area contributed by atoms with Crippen LogP contribution in [0, 0.1) is 6.92 Å². The van der Waals surface area contributed by atoms with Crippen LogP contribution in [0.15, 0.2) is 42.5 Å². The van der Waals surface area contributed by atoms with Crippen molar-refractivity contribution in [1.29, 1.82) is 0 Å². The van der Waals surface area contributed by atoms with Gasteiger partial charge in [0, 0.05) is 11.3 Å². The van der Waals surface area contributed by atoms with Crippen LogP contribution in [0.25, 0.3) is 10.8 Å². The number of carboxylic acids is 1. The number of thiazole rings is 1. The fourth-order valence-electron chi connectivity index (χ4n) is 2.63. The molecule has 22 heavy (non-hydrogen) atoms. The van der Waals surface area contributed by atoms with Crippen LogP contribution in [0.2, 0.25) is 0 Å². The lowest BCUT2D eigenvalue weighted by atomic mass is 10.0. The molecule has 1 aromatic heterocycles. The number of aliphatic carboxylic acids is 1. The van der Waals surface area contributed by atoms with Crippen molar-refractivity contribution in [1.82, 2.24) is 4.98 Å². The largest absolute Gasteiger partial charge is 0.481 e. The molecule has 0 amide bonds. The van der Waals surface area contributed by atoms with E-state index >= 15 is 0 Å². The van der Waals surface area contributed by atoms with E-state index in [0.29, 0.717) is 6.42 Å². The van der Waals surface area contributed by atoms with Crippen LogP contribution < -0.4 is 0 Å². The number of aromatic nitrogens is 1. The lowest BCUT2D eigenvalue weighted by Gasteiger charge is -2.04. The van der Waals surface area contributed by atoms with E-state index in [4.69, 9.17) is 5.11 Å². The lowest BCUT2D eigenvalue weighted by Crippen LogP contribution is -1.96. The molecule has 0 saturated carbocycles. The highest BCUT2D eigenvalue weighted by Gasteiger charge is 2.11. The maximum atomic E-state index is 10.7. The first-order valence-corrected chi connectivity index (χ1v) is 8.09. The second-order valence-electron chi connectivity index (χ2n) is 5.32. The molecule has 4 heteroatoms. The summed E-state index contributed by atoms with van der Waals surface area (Å²) in [6.07, 6.45) is 1.52. The fraction of sp³-hybridized carbons (Fsp3) is 0.222. The fourth-order valence-corrected chi connectivity index (χ4v) is 3.72. The molecule has 0 aliphatic heterocycles. The molecule has 0 aliphatic rings. The number of hydrogen-bond donors (Lipinski definition) is 1. The number of carbonyl (C=O) groups is 1. The maximum Gasteiger partial charge on any atom is 0.303 e. The van der Waals surface area contributed by atoms with Crippen molar-refractivity contribution in [3.63, 3.8) is 0 Å². The normalized spacial score (nSPS) is 11.0. The highest BCUT2D eigenvalue weighted by Crippen LogP contribution is 2.25. The number of rotatable bonds is 5. The summed E-state index contributed by atoms with van der Waals surface area (Å²) in [6.45, 7) is 1.96. The minimum atomic E-state index is -0.761. The monoisotopic (exact) mass is 311 g/mol. The summed E-state index contributed by atoms with van der Waals surface area (Å²) in [5, 5.41) is 12.4. The predicted octanol–water partition coefficient (Wildman–Crippen LogP) is 4.21. The van der Waals surface area contributed by atoms with Gasteiger partial charge in [0.15, 0.2) is 0 Å². The van der Waals surface area contributed by atoms with Gasteiger partial charge in [0.05, 0.1) is 17.1 Å². The first kappa shape index (κ1) is 14.7. The molecule has 0 radical (unpaired) electrons. The summed E-state index contributed by atoms with van der Waals surface area (Å²) in [4.78, 5) is 16.4. The molecule has 3 aromatic rings. The van der Waals surface area contributed by atoms with E-state index in [2.05, 4.69) is 41.4 Å². The summed E-state index contributed by atoms with van der Waals surface area (Å²) >= 11 is 1.63. The van der Waals surface area contributed by atoms with Gasteiger partial charge in [-0.15, -0.1) is 11.3 Å². The second-order valence-corrected chi connectivity index (χ2v) is 6.49. The third-order valence-corrected chi connectivity index (χ3v) is 4.94. The van der Waals surface area contributed by atoms with E-state index in [1.54, 1.807) is 11.3 Å². The SMILES string of the molecule is Cc1nc(Cc2cccc3ccccc23)sc1CCC(=O)O. The molecule has 0 spiro atoms. The molecule has 0 atom stereocenters. The standard InChI is InChI=1S/C18H17NO2S/c1-12-16(9-10-18(20)21)22-17(19-12)11-14-7-4-6-13-5-2-3-8-15(13)14/h2-8H,9-11H2,1H3,(H,20,21). The van der Waals surface area contributed by atoms with Gasteiger partial charge in [-0.2, -0.15) is 0 Å². The predicted molar refractivity (Wildman–Crippen MR) is 89.6 cm³/mol. The lowest BCUT2D eigenvalue weighted by molar-refractivity contribution is -0.136. The highest BCUT2D eigenvalue weighted by atomic mass is 32.1. The quantitative estimate of drug-likeness (QED) is 0.768. The Labute approximate surface area is 133 Å². The van der Waals surface area contributed by atoms with Crippen LogP contribution >= 0.6 is 11.3 Å². The second kappa shape index (κ2) is 6.28. The number of hydrogen-bond acceptors (Lipinski definition) is 3. The van der Waals surface area contributed by atoms with E-state index in [-0.39, 0.29) is 6.42 Å². The van der Waals surface area contributed by atoms with E-state index in [0.717, 1.165) is 22.0 Å². The molecule has 112 valence electrons. The minimum Gasteiger partial charge on any atom is -0.481 e. The van der Waals surface area contributed by atoms with Gasteiger partial charge in [0.2, 0.25) is 0 Å². The Balaban J connectivity index is 1.86. The minimum absolute atomic E-state index is 0.163. The third kappa shape index (κ3) is 3.17. The Kier molecular flexibility index (Phi) is 4.20. The van der Waals surface area contributed by atoms with Crippen molar-refractivity contribution >= 4 is 28.1 Å². The molecule has 0 fully saturated rings. The van der Waals surface area contributed by atoms with E-state index in [1.807, 2.05) is 13.0 Å². The summed E-state index contributed by atoms with van der Waals surface area (Å²) in [6, 6.07) is 14.7. The zero-order valence-corrected chi connectivity index (χ0v) is 13.2. The van der Waals surface area contributed by atoms with Gasteiger partial charge in [0.1, 0.15) is 0 Å². The van der Waals surface area contributed by atoms with Gasteiger partial charge in [0.25, 0.3) is 0 Å². The van der Waals surface area contributed by atoms with Gasteiger partial charge in [-0.05, 0) is 29.7 Å². The van der Waals surface area contributed by atoms with Crippen molar-refractivity contribution in [2.45, 2.75) is 26.2 Å². The number of fused-ring (bicyclic) bond motifs is 1. The summed E-state index contributed by atoms with van der Waals surface area (Å²) < 4.78 is 0. The zero-order valence-electron chi connectivity index (χ0n) is 12.4. The molecular formula is C18H17NO2S. The Hall–Kier alpha value is -2.20. The van der Waals surface area contributed by atoms with Crippen molar-refractivity contribution in [2.75, 3.05) is 0 Å². The molecule has 0 unspecified atom stereocenters. The van der Waals surface area contributed by atoms with Gasteiger partial charge < -0.3 is 5.11 Å². The van der Waals surface area contributed by atoms with Crippen LogP contribution in [0.3, 0.4) is 0 Å². The molecule has 0 aliphatic carbocycles. The van der Waals surface area contributed by atoms with Gasteiger partial charge in [-0.25, -0.2) is 4.98 Å². The molecule has 0 bridgehead atoms. The smallest absolute Gasteiger partial charge is 0.303 e. The Morgan fingerprint density at radius 2 is 1.95 bits per heavy atom. The van der Waals surface area contributed by atoms with E-state index < -0.39 is 5.97 Å². The molecule has 2 aromatic carbocycles. The average Bonchev–Trinajstić information content (AvgIpc) is 2.85. The molecule has 3 nitrogen and oxygen atoms in total. The summed E-state index contributed by atoms with van der Waals surface area (Å²) in [5.74, 6) is -0.761. The Morgan fingerprint density at radius 3 is 2.77 bits per heavy atom. The Bertz CT molecular complexity index is 818. The van der Waals surface area contributed by atoms with Gasteiger partial charge in [-0.3, -0.25) is 4.79 Å². The first-order valence-electron chi connectivity index (χ1n) is 7.27. The number of aryl methyl sites for hydroxylation is 2. The summed E-state index contributed by atoms with van der Waals surface area (Å²) in [7, 11) is 0. The van der Waals surface area contributed by atoms with Crippen molar-refractivity contribution in [3.8, 4) is 0 Å². The number of benzene rings is 2. The molecule has 3 rings (SSSR count). The topological polar surface area (TPSA) is 50.2 Å². The van der Waals surface area contributed by atoms with Crippen LogP contribution in [0.5, 0.6) is 0 Å². The van der Waals surface area contributed by atoms with Gasteiger partial charge >= 0.3 is 5.97 Å². The van der Waals surface area contributed by atoms with Crippen molar-refractivity contribution < 1.29 is 9.90 Å².